The molecule has 3 heterocycles. The number of anilines is 1. The van der Waals surface area contributed by atoms with Gasteiger partial charge in [-0.25, -0.2) is 4.98 Å². The Bertz CT molecular complexity index is 615. The summed E-state index contributed by atoms with van der Waals surface area (Å²) in [6.45, 7) is 4.37. The van der Waals surface area contributed by atoms with Crippen molar-refractivity contribution in [2.45, 2.75) is 39.3 Å². The van der Waals surface area contributed by atoms with E-state index < -0.39 is 11.9 Å². The molecule has 1 saturated heterocycles. The van der Waals surface area contributed by atoms with Gasteiger partial charge in [0.25, 0.3) is 5.91 Å². The average molecular weight is 304 g/mol. The largest absolute Gasteiger partial charge is 0.373 e. The van der Waals surface area contributed by atoms with Gasteiger partial charge in [0.2, 0.25) is 11.8 Å². The van der Waals surface area contributed by atoms with Crippen LogP contribution >= 0.6 is 0 Å². The van der Waals surface area contributed by atoms with Crippen LogP contribution in [-0.4, -0.2) is 40.7 Å². The lowest BCUT2D eigenvalue weighted by molar-refractivity contribution is -0.136. The van der Waals surface area contributed by atoms with E-state index in [9.17, 15) is 14.4 Å². The molecule has 1 fully saturated rings. The van der Waals surface area contributed by atoms with Crippen molar-refractivity contribution < 1.29 is 14.4 Å². The van der Waals surface area contributed by atoms with Crippen molar-refractivity contribution in [1.82, 2.24) is 15.2 Å². The fourth-order valence-electron chi connectivity index (χ4n) is 2.60. The first-order valence-electron chi connectivity index (χ1n) is 7.41. The number of aromatic nitrogens is 1. The number of pyridine rings is 1. The third-order valence-corrected chi connectivity index (χ3v) is 3.66. The predicted octanol–water partition coefficient (Wildman–Crippen LogP) is 0.910. The van der Waals surface area contributed by atoms with Crippen LogP contribution in [0.25, 0.3) is 0 Å². The molecule has 7 nitrogen and oxygen atoms in total. The third kappa shape index (κ3) is 2.79. The molecule has 2 aliphatic rings. The van der Waals surface area contributed by atoms with Crippen molar-refractivity contribution in [3.8, 4) is 0 Å². The van der Waals surface area contributed by atoms with E-state index in [4.69, 9.17) is 0 Å². The number of carbonyl (C=O) groups is 3. The fraction of sp³-hybridized carbons (Fsp3) is 0.467. The highest BCUT2D eigenvalue weighted by Gasteiger charge is 2.39. The highest BCUT2D eigenvalue weighted by atomic mass is 16.2. The summed E-state index contributed by atoms with van der Waals surface area (Å²) in [5.74, 6) is -0.204. The molecule has 0 aliphatic carbocycles. The number of fused-ring (bicyclic) bond motifs is 1. The third-order valence-electron chi connectivity index (χ3n) is 3.66. The molecule has 22 heavy (non-hydrogen) atoms. The fourth-order valence-corrected chi connectivity index (χ4v) is 2.60. The van der Waals surface area contributed by atoms with Crippen LogP contribution in [0.1, 0.15) is 42.6 Å². The summed E-state index contributed by atoms with van der Waals surface area (Å²) in [6, 6.07) is 1.23. The molecule has 3 amide bonds. The van der Waals surface area contributed by atoms with Crippen molar-refractivity contribution in [2.24, 2.45) is 0 Å². The van der Waals surface area contributed by atoms with Crippen LogP contribution in [0.2, 0.25) is 0 Å². The standard InChI is InChI=1S/C13H14N4O3.C2H6/c1-14-10-4-7-6-17(13(20)8(7)5-15-10)9-2-3-11(18)16-12(9)19;1-2/h4-5,9H,2-3,6H2,1H3,(H,14,15)(H,16,18,19);1-2H3. The molecule has 0 spiro atoms. The van der Waals surface area contributed by atoms with E-state index in [0.717, 1.165) is 5.56 Å². The first kappa shape index (κ1) is 15.9. The minimum atomic E-state index is -0.578. The zero-order valence-corrected chi connectivity index (χ0v) is 13.0. The van der Waals surface area contributed by atoms with E-state index in [-0.39, 0.29) is 18.2 Å². The maximum absolute atomic E-state index is 12.3. The summed E-state index contributed by atoms with van der Waals surface area (Å²) < 4.78 is 0. The Labute approximate surface area is 129 Å². The molecule has 0 bridgehead atoms. The molecule has 0 aromatic carbocycles. The van der Waals surface area contributed by atoms with E-state index in [1.54, 1.807) is 13.1 Å². The van der Waals surface area contributed by atoms with Crippen molar-refractivity contribution in [3.63, 3.8) is 0 Å². The van der Waals surface area contributed by atoms with E-state index in [0.29, 0.717) is 24.3 Å². The number of rotatable bonds is 2. The zero-order chi connectivity index (χ0) is 16.3. The lowest BCUT2D eigenvalue weighted by Crippen LogP contribution is -2.52. The molecule has 118 valence electrons. The van der Waals surface area contributed by atoms with Gasteiger partial charge in [-0.1, -0.05) is 13.8 Å². The summed E-state index contributed by atoms with van der Waals surface area (Å²) in [7, 11) is 1.75. The van der Waals surface area contributed by atoms with Crippen LogP contribution in [0.15, 0.2) is 12.3 Å². The molecule has 2 aliphatic heterocycles. The Morgan fingerprint density at radius 2 is 2.05 bits per heavy atom. The molecule has 1 atom stereocenters. The molecule has 1 aromatic rings. The van der Waals surface area contributed by atoms with Crippen molar-refractivity contribution in [2.75, 3.05) is 12.4 Å². The quantitative estimate of drug-likeness (QED) is 0.793. The van der Waals surface area contributed by atoms with E-state index in [1.165, 1.54) is 11.1 Å². The maximum atomic E-state index is 12.3. The number of nitrogens with zero attached hydrogens (tertiary/aromatic N) is 2. The van der Waals surface area contributed by atoms with Gasteiger partial charge in [-0.2, -0.15) is 0 Å². The second kappa shape index (κ2) is 6.55. The van der Waals surface area contributed by atoms with E-state index in [1.807, 2.05) is 13.8 Å². The van der Waals surface area contributed by atoms with Gasteiger partial charge >= 0.3 is 0 Å². The summed E-state index contributed by atoms with van der Waals surface area (Å²) in [4.78, 5) is 41.0. The van der Waals surface area contributed by atoms with Gasteiger partial charge in [-0.15, -0.1) is 0 Å². The van der Waals surface area contributed by atoms with Crippen molar-refractivity contribution in [3.05, 3.63) is 23.4 Å². The van der Waals surface area contributed by atoms with E-state index in [2.05, 4.69) is 15.6 Å². The molecular weight excluding hydrogens is 284 g/mol. The molecule has 0 radical (unpaired) electrons. The summed E-state index contributed by atoms with van der Waals surface area (Å²) in [5.41, 5.74) is 1.37. The smallest absolute Gasteiger partial charge is 0.256 e. The van der Waals surface area contributed by atoms with Crippen LogP contribution in [-0.2, 0) is 16.1 Å². The molecular formula is C15H20N4O3. The van der Waals surface area contributed by atoms with Crippen LogP contribution in [0.3, 0.4) is 0 Å². The number of amides is 3. The van der Waals surface area contributed by atoms with Crippen LogP contribution in [0.5, 0.6) is 0 Å². The average Bonchev–Trinajstić information content (AvgIpc) is 2.85. The highest BCUT2D eigenvalue weighted by Crippen LogP contribution is 2.28. The van der Waals surface area contributed by atoms with Crippen LogP contribution in [0, 0.1) is 0 Å². The first-order chi connectivity index (χ1) is 10.6. The molecule has 3 rings (SSSR count). The Morgan fingerprint density at radius 1 is 1.32 bits per heavy atom. The topological polar surface area (TPSA) is 91.4 Å². The summed E-state index contributed by atoms with van der Waals surface area (Å²) >= 11 is 0. The Balaban J connectivity index is 0.000000847. The minimum Gasteiger partial charge on any atom is -0.373 e. The number of piperidine rings is 1. The SMILES string of the molecule is CC.CNc1cc2c(cn1)C(=O)N(C1CCC(=O)NC1=O)C2. The molecule has 1 unspecified atom stereocenters. The predicted molar refractivity (Wildman–Crippen MR) is 81.2 cm³/mol. The lowest BCUT2D eigenvalue weighted by Gasteiger charge is -2.29. The number of imide groups is 1. The normalized spacial score (nSPS) is 20.0. The second-order valence-corrected chi connectivity index (χ2v) is 4.88. The van der Waals surface area contributed by atoms with Crippen LogP contribution in [0.4, 0.5) is 5.82 Å². The molecule has 2 N–H and O–H groups in total. The second-order valence-electron chi connectivity index (χ2n) is 4.88. The van der Waals surface area contributed by atoms with Gasteiger partial charge in [0.15, 0.2) is 0 Å². The number of hydrogen-bond donors (Lipinski definition) is 2. The van der Waals surface area contributed by atoms with Gasteiger partial charge in [-0.3, -0.25) is 19.7 Å². The summed E-state index contributed by atoms with van der Waals surface area (Å²) in [6.07, 6.45) is 2.16. The minimum absolute atomic E-state index is 0.204. The van der Waals surface area contributed by atoms with E-state index >= 15 is 0 Å². The Kier molecular flexibility index (Phi) is 4.75. The molecule has 7 heteroatoms. The molecule has 0 saturated carbocycles. The zero-order valence-electron chi connectivity index (χ0n) is 13.0. The lowest BCUT2D eigenvalue weighted by atomic mass is 10.0. The van der Waals surface area contributed by atoms with Gasteiger partial charge in [0.1, 0.15) is 11.9 Å². The van der Waals surface area contributed by atoms with Gasteiger partial charge in [0, 0.05) is 26.2 Å². The van der Waals surface area contributed by atoms with Gasteiger partial charge in [0.05, 0.1) is 5.56 Å². The van der Waals surface area contributed by atoms with Crippen molar-refractivity contribution >= 4 is 23.5 Å². The van der Waals surface area contributed by atoms with Crippen LogP contribution < -0.4 is 10.6 Å². The maximum Gasteiger partial charge on any atom is 0.256 e. The highest BCUT2D eigenvalue weighted by molar-refractivity contribution is 6.05. The number of hydrogen-bond acceptors (Lipinski definition) is 5. The van der Waals surface area contributed by atoms with Crippen molar-refractivity contribution in [1.29, 1.82) is 0 Å². The van der Waals surface area contributed by atoms with Gasteiger partial charge in [-0.05, 0) is 18.1 Å². The number of carbonyl (C=O) groups excluding carboxylic acids is 3. The van der Waals surface area contributed by atoms with Gasteiger partial charge < -0.3 is 10.2 Å². The Hall–Kier alpha value is -2.44. The molecule has 1 aromatic heterocycles. The number of nitrogens with one attached hydrogen (secondary N) is 2. The summed E-state index contributed by atoms with van der Waals surface area (Å²) in [5, 5.41) is 5.19. The monoisotopic (exact) mass is 304 g/mol. The Morgan fingerprint density at radius 3 is 2.68 bits per heavy atom. The first-order valence-corrected chi connectivity index (χ1v) is 7.41.